The van der Waals surface area contributed by atoms with Crippen molar-refractivity contribution in [3.63, 3.8) is 0 Å². The van der Waals surface area contributed by atoms with E-state index in [0.717, 1.165) is 23.1 Å². The summed E-state index contributed by atoms with van der Waals surface area (Å²) >= 11 is 0. The summed E-state index contributed by atoms with van der Waals surface area (Å²) in [5.41, 5.74) is 2.20. The summed E-state index contributed by atoms with van der Waals surface area (Å²) in [4.78, 5) is 19.0. The number of aliphatic hydroxyl groups excluding tert-OH is 1. The molecule has 118 valence electrons. The Morgan fingerprint density at radius 2 is 2.32 bits per heavy atom. The fraction of sp³-hybridized carbons (Fsp3) is 0.562. The molecule has 1 N–H and O–H groups in total. The van der Waals surface area contributed by atoms with E-state index < -0.39 is 6.10 Å². The number of aryl methyl sites for hydroxylation is 1. The van der Waals surface area contributed by atoms with E-state index in [4.69, 9.17) is 0 Å². The van der Waals surface area contributed by atoms with Gasteiger partial charge in [0.2, 0.25) is 0 Å². The molecule has 0 spiro atoms. The summed E-state index contributed by atoms with van der Waals surface area (Å²) in [5.74, 6) is -0.0456. The van der Waals surface area contributed by atoms with Crippen LogP contribution in [0.2, 0.25) is 0 Å². The second-order valence-electron chi connectivity index (χ2n) is 6.09. The van der Waals surface area contributed by atoms with E-state index in [1.807, 2.05) is 17.7 Å². The summed E-state index contributed by atoms with van der Waals surface area (Å²) in [5, 5.41) is 14.9. The minimum absolute atomic E-state index is 0.0456. The van der Waals surface area contributed by atoms with Gasteiger partial charge in [0.1, 0.15) is 0 Å². The van der Waals surface area contributed by atoms with Gasteiger partial charge in [-0.25, -0.2) is 9.67 Å². The molecule has 22 heavy (non-hydrogen) atoms. The average molecular weight is 302 g/mol. The van der Waals surface area contributed by atoms with E-state index in [1.54, 1.807) is 11.1 Å². The van der Waals surface area contributed by atoms with E-state index >= 15 is 0 Å². The van der Waals surface area contributed by atoms with Gasteiger partial charge in [0, 0.05) is 18.8 Å². The van der Waals surface area contributed by atoms with Crippen LogP contribution >= 0.6 is 0 Å². The van der Waals surface area contributed by atoms with Crippen molar-refractivity contribution in [3.05, 3.63) is 23.5 Å². The number of amides is 1. The third kappa shape index (κ3) is 2.47. The third-order valence-corrected chi connectivity index (χ3v) is 4.38. The highest BCUT2D eigenvalue weighted by Gasteiger charge is 2.27. The first-order valence-electron chi connectivity index (χ1n) is 7.83. The van der Waals surface area contributed by atoms with Crippen molar-refractivity contribution in [2.45, 2.75) is 45.8 Å². The lowest BCUT2D eigenvalue weighted by atomic mass is 10.1. The lowest BCUT2D eigenvalue weighted by Crippen LogP contribution is -2.29. The van der Waals surface area contributed by atoms with Crippen molar-refractivity contribution in [2.75, 3.05) is 13.1 Å². The fourth-order valence-corrected chi connectivity index (χ4v) is 2.91. The summed E-state index contributed by atoms with van der Waals surface area (Å²) in [6, 6.07) is 2.06. The molecular formula is C16H22N4O2. The van der Waals surface area contributed by atoms with Crippen LogP contribution in [0.5, 0.6) is 0 Å². The molecule has 0 aromatic carbocycles. The molecule has 6 nitrogen and oxygen atoms in total. The van der Waals surface area contributed by atoms with Gasteiger partial charge in [0.05, 0.1) is 29.3 Å². The molecule has 1 aliphatic heterocycles. The van der Waals surface area contributed by atoms with Gasteiger partial charge in [0.25, 0.3) is 5.91 Å². The lowest BCUT2D eigenvalue weighted by Gasteiger charge is -2.17. The van der Waals surface area contributed by atoms with Crippen molar-refractivity contribution < 1.29 is 9.90 Å². The molecule has 0 bridgehead atoms. The number of carbonyl (C=O) groups is 1. The van der Waals surface area contributed by atoms with Gasteiger partial charge in [-0.2, -0.15) is 5.10 Å². The maximum Gasteiger partial charge on any atom is 0.254 e. The Kier molecular flexibility index (Phi) is 3.87. The topological polar surface area (TPSA) is 71.2 Å². The van der Waals surface area contributed by atoms with Crippen LogP contribution in [0.3, 0.4) is 0 Å². The molecular weight excluding hydrogens is 280 g/mol. The summed E-state index contributed by atoms with van der Waals surface area (Å²) in [7, 11) is 0. The minimum atomic E-state index is -0.412. The molecule has 1 aliphatic rings. The smallest absolute Gasteiger partial charge is 0.254 e. The maximum absolute atomic E-state index is 12.8. The van der Waals surface area contributed by atoms with Crippen molar-refractivity contribution in [1.29, 1.82) is 0 Å². The molecule has 3 rings (SSSR count). The largest absolute Gasteiger partial charge is 0.391 e. The first-order valence-corrected chi connectivity index (χ1v) is 7.83. The Hall–Kier alpha value is -1.95. The molecule has 3 heterocycles. The van der Waals surface area contributed by atoms with Crippen LogP contribution in [0, 0.1) is 6.92 Å². The number of aromatic nitrogens is 3. The van der Waals surface area contributed by atoms with Gasteiger partial charge in [-0.05, 0) is 32.8 Å². The maximum atomic E-state index is 12.8. The number of likely N-dealkylation sites (tertiary alicyclic amines) is 1. The van der Waals surface area contributed by atoms with Crippen LogP contribution in [-0.4, -0.2) is 49.9 Å². The standard InChI is InChI=1S/C16H22N4O2/c1-4-11(3)20-15-14(8-17-20)13(7-10(2)18-15)16(22)19-6-5-12(21)9-19/h7-8,11-12,21H,4-6,9H2,1-3H3/t11?,12-/m1/s1. The summed E-state index contributed by atoms with van der Waals surface area (Å²) in [6.07, 6.45) is 2.91. The van der Waals surface area contributed by atoms with E-state index in [2.05, 4.69) is 23.9 Å². The van der Waals surface area contributed by atoms with Crippen LogP contribution in [0.4, 0.5) is 0 Å². The van der Waals surface area contributed by atoms with Crippen LogP contribution in [0.1, 0.15) is 48.8 Å². The number of nitrogens with zero attached hydrogens (tertiary/aromatic N) is 4. The minimum Gasteiger partial charge on any atom is -0.391 e. The molecule has 6 heteroatoms. The van der Waals surface area contributed by atoms with Crippen molar-refractivity contribution in [1.82, 2.24) is 19.7 Å². The van der Waals surface area contributed by atoms with E-state index in [-0.39, 0.29) is 11.9 Å². The molecule has 0 radical (unpaired) electrons. The van der Waals surface area contributed by atoms with E-state index in [0.29, 0.717) is 25.1 Å². The first-order chi connectivity index (χ1) is 10.5. The number of β-amino-alcohol motifs (C(OH)–C–C–N with tert-alkyl or cyclic N) is 1. The molecule has 1 saturated heterocycles. The predicted molar refractivity (Wildman–Crippen MR) is 83.8 cm³/mol. The average Bonchev–Trinajstić information content (AvgIpc) is 3.11. The molecule has 0 aliphatic carbocycles. The van der Waals surface area contributed by atoms with Gasteiger partial charge >= 0.3 is 0 Å². The van der Waals surface area contributed by atoms with Crippen LogP contribution in [0.25, 0.3) is 11.0 Å². The number of rotatable bonds is 3. The number of hydrogen-bond donors (Lipinski definition) is 1. The Labute approximate surface area is 129 Å². The zero-order valence-electron chi connectivity index (χ0n) is 13.3. The quantitative estimate of drug-likeness (QED) is 0.940. The van der Waals surface area contributed by atoms with Gasteiger partial charge < -0.3 is 10.0 Å². The predicted octanol–water partition coefficient (Wildman–Crippen LogP) is 1.92. The van der Waals surface area contributed by atoms with E-state index in [9.17, 15) is 9.90 Å². The highest BCUT2D eigenvalue weighted by atomic mass is 16.3. The zero-order chi connectivity index (χ0) is 15.9. The highest BCUT2D eigenvalue weighted by molar-refractivity contribution is 6.05. The molecule has 2 atom stereocenters. The monoisotopic (exact) mass is 302 g/mol. The molecule has 1 fully saturated rings. The Bertz CT molecular complexity index is 709. The summed E-state index contributed by atoms with van der Waals surface area (Å²) in [6.45, 7) is 7.09. The highest BCUT2D eigenvalue weighted by Crippen LogP contribution is 2.24. The third-order valence-electron chi connectivity index (χ3n) is 4.38. The lowest BCUT2D eigenvalue weighted by molar-refractivity contribution is 0.0766. The zero-order valence-corrected chi connectivity index (χ0v) is 13.3. The summed E-state index contributed by atoms with van der Waals surface area (Å²) < 4.78 is 1.89. The normalized spacial score (nSPS) is 19.8. The second-order valence-corrected chi connectivity index (χ2v) is 6.09. The number of fused-ring (bicyclic) bond motifs is 1. The van der Waals surface area contributed by atoms with Crippen molar-refractivity contribution in [2.24, 2.45) is 0 Å². The van der Waals surface area contributed by atoms with Crippen molar-refractivity contribution >= 4 is 16.9 Å². The molecule has 1 unspecified atom stereocenters. The number of hydrogen-bond acceptors (Lipinski definition) is 4. The number of carbonyl (C=O) groups excluding carboxylic acids is 1. The number of aliphatic hydroxyl groups is 1. The molecule has 1 amide bonds. The Balaban J connectivity index is 2.06. The second kappa shape index (κ2) is 5.68. The number of pyridine rings is 1. The fourth-order valence-electron chi connectivity index (χ4n) is 2.91. The first kappa shape index (κ1) is 15.0. The molecule has 0 saturated carbocycles. The van der Waals surface area contributed by atoms with Gasteiger partial charge in [0.15, 0.2) is 5.65 Å². The van der Waals surface area contributed by atoms with E-state index in [1.165, 1.54) is 0 Å². The van der Waals surface area contributed by atoms with Gasteiger partial charge in [-0.1, -0.05) is 6.92 Å². The molecule has 2 aromatic rings. The van der Waals surface area contributed by atoms with Crippen molar-refractivity contribution in [3.8, 4) is 0 Å². The van der Waals surface area contributed by atoms with Crippen LogP contribution < -0.4 is 0 Å². The van der Waals surface area contributed by atoms with Gasteiger partial charge in [-0.15, -0.1) is 0 Å². The molecule has 2 aromatic heterocycles. The Morgan fingerprint density at radius 1 is 1.55 bits per heavy atom. The SMILES string of the molecule is CCC(C)n1ncc2c(C(=O)N3CC[C@@H](O)C3)cc(C)nc21. The Morgan fingerprint density at radius 3 is 2.95 bits per heavy atom. The van der Waals surface area contributed by atoms with Crippen LogP contribution in [0.15, 0.2) is 12.3 Å². The van der Waals surface area contributed by atoms with Gasteiger partial charge in [-0.3, -0.25) is 4.79 Å². The van der Waals surface area contributed by atoms with Crippen LogP contribution in [-0.2, 0) is 0 Å².